The van der Waals surface area contributed by atoms with Gasteiger partial charge in [0.2, 0.25) is 0 Å². The van der Waals surface area contributed by atoms with E-state index in [0.29, 0.717) is 11.2 Å². The molecule has 2 heterocycles. The van der Waals surface area contributed by atoms with Crippen LogP contribution in [0.1, 0.15) is 5.56 Å². The molecule has 0 bridgehead atoms. The van der Waals surface area contributed by atoms with E-state index in [1.807, 2.05) is 37.3 Å². The fourth-order valence-corrected chi connectivity index (χ4v) is 1.88. The maximum atomic E-state index is 11.1. The van der Waals surface area contributed by atoms with Gasteiger partial charge in [0.1, 0.15) is 0 Å². The zero-order chi connectivity index (χ0) is 12.5. The Morgan fingerprint density at radius 1 is 1.17 bits per heavy atom. The minimum Gasteiger partial charge on any atom is -0.354 e. The number of anilines is 2. The zero-order valence-corrected chi connectivity index (χ0v) is 9.82. The summed E-state index contributed by atoms with van der Waals surface area (Å²) < 4.78 is 0. The Kier molecular flexibility index (Phi) is 2.37. The Morgan fingerprint density at radius 3 is 2.89 bits per heavy atom. The highest BCUT2D eigenvalue weighted by molar-refractivity contribution is 5.75. The average molecular weight is 240 g/mol. The second-order valence-electron chi connectivity index (χ2n) is 4.19. The first-order valence-corrected chi connectivity index (χ1v) is 5.62. The lowest BCUT2D eigenvalue weighted by atomic mass is 10.2. The molecule has 0 amide bonds. The summed E-state index contributed by atoms with van der Waals surface area (Å²) >= 11 is 0. The van der Waals surface area contributed by atoms with E-state index in [2.05, 4.69) is 20.3 Å². The number of nitrogens with zero attached hydrogens (tertiary/aromatic N) is 1. The van der Waals surface area contributed by atoms with E-state index in [9.17, 15) is 4.79 Å². The predicted octanol–water partition coefficient (Wildman–Crippen LogP) is 2.30. The Bertz CT molecular complexity index is 757. The molecule has 0 spiro atoms. The van der Waals surface area contributed by atoms with Crippen LogP contribution in [0.2, 0.25) is 0 Å². The number of hydrogen-bond acceptors (Lipinski definition) is 3. The molecule has 0 aliphatic carbocycles. The molecule has 0 radical (unpaired) electrons. The maximum absolute atomic E-state index is 11.1. The molecule has 1 aromatic carbocycles. The van der Waals surface area contributed by atoms with Crippen molar-refractivity contribution < 1.29 is 0 Å². The monoisotopic (exact) mass is 240 g/mol. The molecule has 0 fully saturated rings. The summed E-state index contributed by atoms with van der Waals surface area (Å²) in [5.74, 6) is 0. The van der Waals surface area contributed by atoms with Crippen LogP contribution in [0.3, 0.4) is 0 Å². The van der Waals surface area contributed by atoms with Crippen molar-refractivity contribution in [2.75, 3.05) is 5.32 Å². The topological polar surface area (TPSA) is 73.6 Å². The molecule has 0 saturated carbocycles. The Balaban J connectivity index is 1.97. The number of H-pyrrole nitrogens is 2. The number of benzene rings is 1. The van der Waals surface area contributed by atoms with Gasteiger partial charge in [-0.1, -0.05) is 12.1 Å². The summed E-state index contributed by atoms with van der Waals surface area (Å²) in [4.78, 5) is 20.6. The van der Waals surface area contributed by atoms with Gasteiger partial charge in [0.15, 0.2) is 5.65 Å². The number of pyridine rings is 1. The van der Waals surface area contributed by atoms with Gasteiger partial charge in [-0.2, -0.15) is 0 Å². The Morgan fingerprint density at radius 2 is 2.06 bits per heavy atom. The van der Waals surface area contributed by atoms with E-state index in [0.717, 1.165) is 11.4 Å². The smallest absolute Gasteiger partial charge is 0.325 e. The first kappa shape index (κ1) is 10.6. The molecule has 0 atom stereocenters. The van der Waals surface area contributed by atoms with Crippen LogP contribution in [-0.4, -0.2) is 15.0 Å². The number of aromatic nitrogens is 3. The van der Waals surface area contributed by atoms with Crippen LogP contribution in [0, 0.1) is 6.92 Å². The number of aryl methyl sites for hydroxylation is 1. The molecular weight excluding hydrogens is 228 g/mol. The standard InChI is InChI=1S/C13H12N4O/c1-8-3-2-4-9(5-8)15-10-6-11-12(14-7-10)17-13(18)16-11/h2-7,15H,1H3,(H2,14,16,17,18). The molecule has 18 heavy (non-hydrogen) atoms. The maximum Gasteiger partial charge on any atom is 0.325 e. The van der Waals surface area contributed by atoms with Gasteiger partial charge in [0.25, 0.3) is 0 Å². The second-order valence-corrected chi connectivity index (χ2v) is 4.19. The molecule has 0 unspecified atom stereocenters. The third-order valence-corrected chi connectivity index (χ3v) is 2.67. The van der Waals surface area contributed by atoms with Gasteiger partial charge in [-0.15, -0.1) is 0 Å². The SMILES string of the molecule is Cc1cccc(Nc2cnc3[nH]c(=O)[nH]c3c2)c1. The number of fused-ring (bicyclic) bond motifs is 1. The van der Waals surface area contributed by atoms with E-state index in [4.69, 9.17) is 0 Å². The van der Waals surface area contributed by atoms with Crippen LogP contribution < -0.4 is 11.0 Å². The number of nitrogens with one attached hydrogen (secondary N) is 3. The first-order valence-electron chi connectivity index (χ1n) is 5.62. The molecule has 3 aromatic rings. The lowest BCUT2D eigenvalue weighted by Crippen LogP contribution is -1.99. The first-order chi connectivity index (χ1) is 8.70. The van der Waals surface area contributed by atoms with Crippen molar-refractivity contribution in [2.24, 2.45) is 0 Å². The molecule has 0 aliphatic rings. The molecule has 2 aromatic heterocycles. The summed E-state index contributed by atoms with van der Waals surface area (Å²) in [6.07, 6.45) is 1.69. The lowest BCUT2D eigenvalue weighted by molar-refractivity contribution is 1.20. The third kappa shape index (κ3) is 1.98. The fourth-order valence-electron chi connectivity index (χ4n) is 1.88. The van der Waals surface area contributed by atoms with Crippen molar-refractivity contribution in [1.29, 1.82) is 0 Å². The van der Waals surface area contributed by atoms with Crippen molar-refractivity contribution in [3.05, 3.63) is 52.6 Å². The summed E-state index contributed by atoms with van der Waals surface area (Å²) in [5.41, 5.74) is 4.03. The van der Waals surface area contributed by atoms with Gasteiger partial charge in [0.05, 0.1) is 17.4 Å². The quantitative estimate of drug-likeness (QED) is 0.643. The summed E-state index contributed by atoms with van der Waals surface area (Å²) in [5, 5.41) is 3.25. The van der Waals surface area contributed by atoms with E-state index < -0.39 is 0 Å². The fraction of sp³-hybridized carbons (Fsp3) is 0.0769. The molecule has 3 rings (SSSR count). The molecule has 0 saturated heterocycles. The molecular formula is C13H12N4O. The van der Waals surface area contributed by atoms with Gasteiger partial charge < -0.3 is 10.3 Å². The molecule has 3 N–H and O–H groups in total. The van der Waals surface area contributed by atoms with Crippen molar-refractivity contribution in [2.45, 2.75) is 6.92 Å². The van der Waals surface area contributed by atoms with Crippen LogP contribution >= 0.6 is 0 Å². The summed E-state index contributed by atoms with van der Waals surface area (Å²) in [6.45, 7) is 2.04. The Hall–Kier alpha value is -2.56. The van der Waals surface area contributed by atoms with Crippen molar-refractivity contribution in [1.82, 2.24) is 15.0 Å². The van der Waals surface area contributed by atoms with Crippen LogP contribution in [0.25, 0.3) is 11.2 Å². The number of hydrogen-bond donors (Lipinski definition) is 3. The predicted molar refractivity (Wildman–Crippen MR) is 71.2 cm³/mol. The lowest BCUT2D eigenvalue weighted by Gasteiger charge is -2.06. The van der Waals surface area contributed by atoms with E-state index >= 15 is 0 Å². The van der Waals surface area contributed by atoms with Gasteiger partial charge >= 0.3 is 5.69 Å². The van der Waals surface area contributed by atoms with Gasteiger partial charge in [0, 0.05) is 5.69 Å². The second kappa shape index (κ2) is 4.03. The van der Waals surface area contributed by atoms with Crippen LogP contribution in [0.4, 0.5) is 11.4 Å². The van der Waals surface area contributed by atoms with Crippen LogP contribution in [-0.2, 0) is 0 Å². The van der Waals surface area contributed by atoms with E-state index in [1.165, 1.54) is 5.56 Å². The van der Waals surface area contributed by atoms with E-state index in [1.54, 1.807) is 6.20 Å². The summed E-state index contributed by atoms with van der Waals surface area (Å²) in [7, 11) is 0. The number of rotatable bonds is 2. The van der Waals surface area contributed by atoms with Gasteiger partial charge in [-0.25, -0.2) is 9.78 Å². The van der Waals surface area contributed by atoms with Crippen molar-refractivity contribution >= 4 is 22.5 Å². The highest BCUT2D eigenvalue weighted by Gasteiger charge is 2.01. The minimum atomic E-state index is -0.245. The largest absolute Gasteiger partial charge is 0.354 e. The highest BCUT2D eigenvalue weighted by atomic mass is 16.1. The van der Waals surface area contributed by atoms with Crippen LogP contribution in [0.15, 0.2) is 41.3 Å². The van der Waals surface area contributed by atoms with Gasteiger partial charge in [-0.05, 0) is 30.7 Å². The van der Waals surface area contributed by atoms with Crippen LogP contribution in [0.5, 0.6) is 0 Å². The van der Waals surface area contributed by atoms with Gasteiger partial charge in [-0.3, -0.25) is 4.98 Å². The summed E-state index contributed by atoms with van der Waals surface area (Å²) in [6, 6.07) is 9.90. The molecule has 5 heteroatoms. The Labute approximate surface area is 103 Å². The third-order valence-electron chi connectivity index (χ3n) is 2.67. The zero-order valence-electron chi connectivity index (χ0n) is 9.82. The average Bonchev–Trinajstić information content (AvgIpc) is 2.68. The molecule has 0 aliphatic heterocycles. The minimum absolute atomic E-state index is 0.245. The molecule has 5 nitrogen and oxygen atoms in total. The van der Waals surface area contributed by atoms with Crippen molar-refractivity contribution in [3.8, 4) is 0 Å². The normalized spacial score (nSPS) is 10.7. The highest BCUT2D eigenvalue weighted by Crippen LogP contribution is 2.18. The number of aromatic amines is 2. The molecule has 90 valence electrons. The van der Waals surface area contributed by atoms with E-state index in [-0.39, 0.29) is 5.69 Å². The number of imidazole rings is 1. The van der Waals surface area contributed by atoms with Crippen molar-refractivity contribution in [3.63, 3.8) is 0 Å².